The summed E-state index contributed by atoms with van der Waals surface area (Å²) in [5.74, 6) is 0.442. The van der Waals surface area contributed by atoms with Gasteiger partial charge in [-0.25, -0.2) is 4.79 Å². The van der Waals surface area contributed by atoms with E-state index in [-0.39, 0.29) is 6.03 Å². The molecule has 1 aromatic carbocycles. The predicted octanol–water partition coefficient (Wildman–Crippen LogP) is 3.26. The van der Waals surface area contributed by atoms with Crippen LogP contribution in [0.1, 0.15) is 0 Å². The number of anilines is 1. The first-order chi connectivity index (χ1) is 7.72. The molecule has 0 saturated carbocycles. The Labute approximate surface area is 104 Å². The van der Waals surface area contributed by atoms with Crippen molar-refractivity contribution < 1.29 is 4.79 Å². The first-order valence-corrected chi connectivity index (χ1v) is 5.65. The molecule has 0 atom stereocenters. The third-order valence-electron chi connectivity index (χ3n) is 1.72. The molecule has 3 nitrogen and oxygen atoms in total. The highest BCUT2D eigenvalue weighted by Gasteiger charge is 1.99. The number of alkyl halides is 1. The van der Waals surface area contributed by atoms with Gasteiger partial charge in [0, 0.05) is 23.1 Å². The first-order valence-electron chi connectivity index (χ1n) is 4.74. The first kappa shape index (κ1) is 12.9. The van der Waals surface area contributed by atoms with Crippen LogP contribution < -0.4 is 10.6 Å². The van der Waals surface area contributed by atoms with Crippen LogP contribution in [-0.2, 0) is 0 Å². The lowest BCUT2D eigenvalue weighted by atomic mass is 10.3. The SMILES string of the molecule is O=C(NC/C=C/CCl)Nc1cccc(Cl)c1. The van der Waals surface area contributed by atoms with Gasteiger partial charge in [-0.3, -0.25) is 0 Å². The van der Waals surface area contributed by atoms with Gasteiger partial charge in [0.25, 0.3) is 0 Å². The minimum Gasteiger partial charge on any atom is -0.334 e. The summed E-state index contributed by atoms with van der Waals surface area (Å²) in [5, 5.41) is 5.89. The van der Waals surface area contributed by atoms with Gasteiger partial charge in [-0.15, -0.1) is 11.6 Å². The van der Waals surface area contributed by atoms with E-state index in [0.29, 0.717) is 23.1 Å². The standard InChI is InChI=1S/C11H12Cl2N2O/c12-6-1-2-7-14-11(16)15-10-5-3-4-9(13)8-10/h1-5,8H,6-7H2,(H2,14,15,16)/b2-1+. The van der Waals surface area contributed by atoms with E-state index < -0.39 is 0 Å². The number of nitrogens with one attached hydrogen (secondary N) is 2. The van der Waals surface area contributed by atoms with E-state index in [9.17, 15) is 4.79 Å². The number of halogens is 2. The monoisotopic (exact) mass is 258 g/mol. The van der Waals surface area contributed by atoms with E-state index in [0.717, 1.165) is 0 Å². The fraction of sp³-hybridized carbons (Fsp3) is 0.182. The molecule has 2 N–H and O–H groups in total. The van der Waals surface area contributed by atoms with Crippen LogP contribution in [0.3, 0.4) is 0 Å². The molecule has 0 aliphatic carbocycles. The molecule has 0 unspecified atom stereocenters. The second kappa shape index (κ2) is 7.14. The van der Waals surface area contributed by atoms with Gasteiger partial charge < -0.3 is 10.6 Å². The van der Waals surface area contributed by atoms with E-state index in [1.165, 1.54) is 0 Å². The molecular weight excluding hydrogens is 247 g/mol. The van der Waals surface area contributed by atoms with Gasteiger partial charge in [0.15, 0.2) is 0 Å². The summed E-state index contributed by atoms with van der Waals surface area (Å²) in [7, 11) is 0. The highest BCUT2D eigenvalue weighted by molar-refractivity contribution is 6.30. The lowest BCUT2D eigenvalue weighted by molar-refractivity contribution is 0.253. The zero-order valence-corrected chi connectivity index (χ0v) is 10.1. The zero-order valence-electron chi connectivity index (χ0n) is 8.54. The highest BCUT2D eigenvalue weighted by Crippen LogP contribution is 2.14. The second-order valence-electron chi connectivity index (χ2n) is 2.97. The maximum atomic E-state index is 11.4. The Kier molecular flexibility index (Phi) is 5.75. The lowest BCUT2D eigenvalue weighted by Gasteiger charge is -2.05. The van der Waals surface area contributed by atoms with Crippen molar-refractivity contribution in [2.45, 2.75) is 0 Å². The summed E-state index contributed by atoms with van der Waals surface area (Å²) in [6.07, 6.45) is 3.55. The summed E-state index contributed by atoms with van der Waals surface area (Å²) in [6.45, 7) is 0.444. The predicted molar refractivity (Wildman–Crippen MR) is 68.3 cm³/mol. The Hall–Kier alpha value is -1.19. The van der Waals surface area contributed by atoms with E-state index in [1.54, 1.807) is 36.4 Å². The van der Waals surface area contributed by atoms with E-state index in [2.05, 4.69) is 10.6 Å². The average molecular weight is 259 g/mol. The van der Waals surface area contributed by atoms with Gasteiger partial charge in [-0.05, 0) is 18.2 Å². The van der Waals surface area contributed by atoms with Crippen LogP contribution in [0.15, 0.2) is 36.4 Å². The molecular formula is C11H12Cl2N2O. The number of hydrogen-bond acceptors (Lipinski definition) is 1. The van der Waals surface area contributed by atoms with Crippen molar-refractivity contribution in [3.63, 3.8) is 0 Å². The molecule has 0 radical (unpaired) electrons. The van der Waals surface area contributed by atoms with Crippen LogP contribution in [0.25, 0.3) is 0 Å². The Balaban J connectivity index is 2.37. The van der Waals surface area contributed by atoms with Crippen molar-refractivity contribution in [3.05, 3.63) is 41.4 Å². The third-order valence-corrected chi connectivity index (χ3v) is 2.13. The van der Waals surface area contributed by atoms with Crippen LogP contribution >= 0.6 is 23.2 Å². The number of carbonyl (C=O) groups excluding carboxylic acids is 1. The molecule has 86 valence electrons. The highest BCUT2D eigenvalue weighted by atomic mass is 35.5. The van der Waals surface area contributed by atoms with Gasteiger partial charge in [0.05, 0.1) is 0 Å². The zero-order chi connectivity index (χ0) is 11.8. The summed E-state index contributed by atoms with van der Waals surface area (Å²) in [5.41, 5.74) is 0.659. The number of benzene rings is 1. The molecule has 0 spiro atoms. The number of carbonyl (C=O) groups is 1. The molecule has 0 aromatic heterocycles. The van der Waals surface area contributed by atoms with Crippen LogP contribution in [0, 0.1) is 0 Å². The third kappa shape index (κ3) is 5.05. The quantitative estimate of drug-likeness (QED) is 0.632. The minimum absolute atomic E-state index is 0.276. The molecule has 5 heteroatoms. The summed E-state index contributed by atoms with van der Waals surface area (Å²) >= 11 is 11.2. The van der Waals surface area contributed by atoms with Crippen molar-refractivity contribution in [3.8, 4) is 0 Å². The van der Waals surface area contributed by atoms with Crippen molar-refractivity contribution in [1.29, 1.82) is 0 Å². The van der Waals surface area contributed by atoms with Gasteiger partial charge >= 0.3 is 6.03 Å². The van der Waals surface area contributed by atoms with Crippen LogP contribution in [0.4, 0.5) is 10.5 Å². The number of amides is 2. The molecule has 0 saturated heterocycles. The number of rotatable bonds is 4. The maximum absolute atomic E-state index is 11.4. The fourth-order valence-corrected chi connectivity index (χ4v) is 1.36. The van der Waals surface area contributed by atoms with Gasteiger partial charge in [-0.2, -0.15) is 0 Å². The van der Waals surface area contributed by atoms with Crippen molar-refractivity contribution in [2.75, 3.05) is 17.7 Å². The van der Waals surface area contributed by atoms with Gasteiger partial charge in [-0.1, -0.05) is 29.8 Å². The number of allylic oxidation sites excluding steroid dienone is 1. The van der Waals surface area contributed by atoms with Crippen molar-refractivity contribution >= 4 is 34.9 Å². The Morgan fingerprint density at radius 3 is 2.88 bits per heavy atom. The summed E-state index contributed by atoms with van der Waals surface area (Å²) in [4.78, 5) is 11.4. The molecule has 2 amide bonds. The van der Waals surface area contributed by atoms with E-state index in [1.807, 2.05) is 0 Å². The lowest BCUT2D eigenvalue weighted by Crippen LogP contribution is -2.28. The summed E-state index contributed by atoms with van der Waals surface area (Å²) < 4.78 is 0. The molecule has 0 bridgehead atoms. The van der Waals surface area contributed by atoms with Crippen molar-refractivity contribution in [2.24, 2.45) is 0 Å². The smallest absolute Gasteiger partial charge is 0.319 e. The van der Waals surface area contributed by atoms with Crippen LogP contribution in [0.5, 0.6) is 0 Å². The average Bonchev–Trinajstić information content (AvgIpc) is 2.24. The van der Waals surface area contributed by atoms with Crippen LogP contribution in [-0.4, -0.2) is 18.5 Å². The minimum atomic E-state index is -0.276. The van der Waals surface area contributed by atoms with E-state index >= 15 is 0 Å². The van der Waals surface area contributed by atoms with Crippen molar-refractivity contribution in [1.82, 2.24) is 5.32 Å². The molecule has 0 heterocycles. The molecule has 0 aliphatic rings. The molecule has 0 fully saturated rings. The normalized spacial score (nSPS) is 10.4. The molecule has 1 rings (SSSR count). The Bertz CT molecular complexity index is 380. The topological polar surface area (TPSA) is 41.1 Å². The second-order valence-corrected chi connectivity index (χ2v) is 3.72. The summed E-state index contributed by atoms with van der Waals surface area (Å²) in [6, 6.07) is 6.68. The molecule has 1 aromatic rings. The molecule has 16 heavy (non-hydrogen) atoms. The Morgan fingerprint density at radius 2 is 2.19 bits per heavy atom. The van der Waals surface area contributed by atoms with Gasteiger partial charge in [0.1, 0.15) is 0 Å². The largest absolute Gasteiger partial charge is 0.334 e. The molecule has 0 aliphatic heterocycles. The maximum Gasteiger partial charge on any atom is 0.319 e. The fourth-order valence-electron chi connectivity index (χ4n) is 1.04. The Morgan fingerprint density at radius 1 is 1.38 bits per heavy atom. The van der Waals surface area contributed by atoms with Gasteiger partial charge in [0.2, 0.25) is 0 Å². The van der Waals surface area contributed by atoms with Crippen LogP contribution in [0.2, 0.25) is 5.02 Å². The number of hydrogen-bond donors (Lipinski definition) is 2. The number of urea groups is 1. The van der Waals surface area contributed by atoms with E-state index in [4.69, 9.17) is 23.2 Å².